The number of halogens is 1. The molecule has 0 radical (unpaired) electrons. The van der Waals surface area contributed by atoms with Crippen LogP contribution in [0.15, 0.2) is 59.2 Å². The smallest absolute Gasteiger partial charge is 0.355 e. The molecule has 0 aliphatic heterocycles. The van der Waals surface area contributed by atoms with Crippen molar-refractivity contribution >= 4 is 38.6 Å². The monoisotopic (exact) mass is 400 g/mol. The molecule has 128 valence electrons. The van der Waals surface area contributed by atoms with Crippen LogP contribution in [0.25, 0.3) is 10.8 Å². The van der Waals surface area contributed by atoms with Crippen molar-refractivity contribution in [3.63, 3.8) is 0 Å². The lowest BCUT2D eigenvalue weighted by Gasteiger charge is -2.15. The second-order valence-corrected chi connectivity index (χ2v) is 6.62. The predicted molar refractivity (Wildman–Crippen MR) is 99.3 cm³/mol. The van der Waals surface area contributed by atoms with E-state index in [2.05, 4.69) is 26.2 Å². The van der Waals surface area contributed by atoms with Crippen molar-refractivity contribution < 1.29 is 14.3 Å². The molecule has 3 rings (SSSR count). The third-order valence-electron chi connectivity index (χ3n) is 3.85. The lowest BCUT2D eigenvalue weighted by atomic mass is 10.0. The number of nitrogens with one attached hydrogen (secondary N) is 2. The summed E-state index contributed by atoms with van der Waals surface area (Å²) < 4.78 is 5.75. The van der Waals surface area contributed by atoms with Gasteiger partial charge in [-0.05, 0) is 51.3 Å². The zero-order valence-electron chi connectivity index (χ0n) is 13.6. The second-order valence-electron chi connectivity index (χ2n) is 5.70. The lowest BCUT2D eigenvalue weighted by Crippen LogP contribution is -2.31. The molecule has 5 nitrogen and oxygen atoms in total. The normalized spacial score (nSPS) is 11.9. The van der Waals surface area contributed by atoms with Gasteiger partial charge >= 0.3 is 5.97 Å². The Labute approximate surface area is 153 Å². The van der Waals surface area contributed by atoms with E-state index in [9.17, 15) is 9.59 Å². The lowest BCUT2D eigenvalue weighted by molar-refractivity contribution is -0.124. The van der Waals surface area contributed by atoms with E-state index >= 15 is 0 Å². The molecular weight excluding hydrogens is 384 g/mol. The summed E-state index contributed by atoms with van der Waals surface area (Å²) in [6.07, 6.45) is 1.62. The minimum Gasteiger partial charge on any atom is -0.451 e. The number of hydrogen-bond acceptors (Lipinski definition) is 3. The Hall–Kier alpha value is -2.60. The van der Waals surface area contributed by atoms with Crippen LogP contribution in [0.5, 0.6) is 0 Å². The Kier molecular flexibility index (Phi) is 5.19. The zero-order valence-corrected chi connectivity index (χ0v) is 15.2. The summed E-state index contributed by atoms with van der Waals surface area (Å²) in [6, 6.07) is 15.5. The minimum atomic E-state index is -0.570. The summed E-state index contributed by atoms with van der Waals surface area (Å²) >= 11 is 3.24. The van der Waals surface area contributed by atoms with Gasteiger partial charge in [0, 0.05) is 10.7 Å². The van der Waals surface area contributed by atoms with Crippen LogP contribution in [-0.2, 0) is 9.53 Å². The number of hydrogen-bond donors (Lipinski definition) is 2. The molecule has 2 aromatic carbocycles. The number of carbonyl (C=O) groups is 2. The highest BCUT2D eigenvalue weighted by Gasteiger charge is 2.14. The van der Waals surface area contributed by atoms with Gasteiger partial charge < -0.3 is 15.0 Å². The SMILES string of the molecule is C[C@@H](NC(=O)COC(=O)c1cc(Br)c[nH]1)c1ccc2ccccc2c1. The molecule has 0 saturated heterocycles. The van der Waals surface area contributed by atoms with Crippen molar-refractivity contribution in [1.82, 2.24) is 10.3 Å². The molecule has 0 bridgehead atoms. The van der Waals surface area contributed by atoms with E-state index in [0.717, 1.165) is 20.8 Å². The topological polar surface area (TPSA) is 71.2 Å². The van der Waals surface area contributed by atoms with Crippen molar-refractivity contribution in [3.8, 4) is 0 Å². The van der Waals surface area contributed by atoms with Gasteiger partial charge in [-0.1, -0.05) is 36.4 Å². The average molecular weight is 401 g/mol. The number of benzene rings is 2. The standard InChI is InChI=1S/C19H17BrN2O3/c1-12(14-7-6-13-4-2-3-5-15(13)8-14)22-18(23)11-25-19(24)17-9-16(20)10-21-17/h2-10,12,21H,11H2,1H3,(H,22,23)/t12-/m1/s1. The van der Waals surface area contributed by atoms with Crippen LogP contribution in [0.1, 0.15) is 29.0 Å². The molecule has 0 fully saturated rings. The third kappa shape index (κ3) is 4.28. The largest absolute Gasteiger partial charge is 0.451 e. The highest BCUT2D eigenvalue weighted by atomic mass is 79.9. The number of esters is 1. The van der Waals surface area contributed by atoms with E-state index in [0.29, 0.717) is 5.69 Å². The summed E-state index contributed by atoms with van der Waals surface area (Å²) in [6.45, 7) is 1.57. The highest BCUT2D eigenvalue weighted by molar-refractivity contribution is 9.10. The third-order valence-corrected chi connectivity index (χ3v) is 4.31. The van der Waals surface area contributed by atoms with Gasteiger partial charge in [0.1, 0.15) is 5.69 Å². The predicted octanol–water partition coefficient (Wildman–Crippen LogP) is 3.96. The number of fused-ring (bicyclic) bond motifs is 1. The molecule has 0 aliphatic rings. The molecule has 3 aromatic rings. The molecule has 25 heavy (non-hydrogen) atoms. The van der Waals surface area contributed by atoms with Crippen LogP contribution in [0.4, 0.5) is 0 Å². The molecule has 1 aromatic heterocycles. The first-order chi connectivity index (χ1) is 12.0. The maximum atomic E-state index is 12.0. The number of aromatic nitrogens is 1. The van der Waals surface area contributed by atoms with Crippen molar-refractivity contribution in [2.45, 2.75) is 13.0 Å². The first kappa shape index (κ1) is 17.2. The Morgan fingerprint density at radius 1 is 1.16 bits per heavy atom. The first-order valence-electron chi connectivity index (χ1n) is 7.82. The van der Waals surface area contributed by atoms with Gasteiger partial charge in [0.25, 0.3) is 5.91 Å². The van der Waals surface area contributed by atoms with Gasteiger partial charge in [-0.15, -0.1) is 0 Å². The summed E-state index contributed by atoms with van der Waals surface area (Å²) in [5.41, 5.74) is 1.29. The van der Waals surface area contributed by atoms with E-state index < -0.39 is 5.97 Å². The van der Waals surface area contributed by atoms with Crippen LogP contribution in [-0.4, -0.2) is 23.5 Å². The van der Waals surface area contributed by atoms with Gasteiger partial charge in [-0.3, -0.25) is 4.79 Å². The van der Waals surface area contributed by atoms with E-state index in [1.807, 2.05) is 49.4 Å². The Bertz CT molecular complexity index is 920. The van der Waals surface area contributed by atoms with Gasteiger partial charge in [0.2, 0.25) is 0 Å². The Morgan fingerprint density at radius 2 is 1.92 bits per heavy atom. The molecule has 1 heterocycles. The Balaban J connectivity index is 1.57. The van der Waals surface area contributed by atoms with Crippen LogP contribution in [0.2, 0.25) is 0 Å². The first-order valence-corrected chi connectivity index (χ1v) is 8.61. The molecule has 0 aliphatic carbocycles. The number of rotatable bonds is 5. The molecular formula is C19H17BrN2O3. The van der Waals surface area contributed by atoms with E-state index in [1.165, 1.54) is 0 Å². The van der Waals surface area contributed by atoms with E-state index in [-0.39, 0.29) is 18.6 Å². The molecule has 0 saturated carbocycles. The summed E-state index contributed by atoms with van der Waals surface area (Å²) in [4.78, 5) is 26.6. The molecule has 1 amide bonds. The zero-order chi connectivity index (χ0) is 17.8. The van der Waals surface area contributed by atoms with Gasteiger partial charge in [-0.2, -0.15) is 0 Å². The summed E-state index contributed by atoms with van der Waals surface area (Å²) in [5.74, 6) is -0.918. The minimum absolute atomic E-state index is 0.185. The van der Waals surface area contributed by atoms with E-state index in [4.69, 9.17) is 4.74 Å². The maximum absolute atomic E-state index is 12.0. The average Bonchev–Trinajstić information content (AvgIpc) is 3.05. The van der Waals surface area contributed by atoms with Crippen molar-refractivity contribution in [2.75, 3.05) is 6.61 Å². The Morgan fingerprint density at radius 3 is 2.64 bits per heavy atom. The fourth-order valence-electron chi connectivity index (χ4n) is 2.54. The molecule has 2 N–H and O–H groups in total. The number of H-pyrrole nitrogens is 1. The molecule has 0 unspecified atom stereocenters. The van der Waals surface area contributed by atoms with Crippen LogP contribution < -0.4 is 5.32 Å². The molecule has 0 spiro atoms. The number of aromatic amines is 1. The highest BCUT2D eigenvalue weighted by Crippen LogP contribution is 2.20. The number of ether oxygens (including phenoxy) is 1. The number of carbonyl (C=O) groups excluding carboxylic acids is 2. The number of amides is 1. The summed E-state index contributed by atoms with van der Waals surface area (Å²) in [5, 5.41) is 5.10. The van der Waals surface area contributed by atoms with E-state index in [1.54, 1.807) is 12.3 Å². The van der Waals surface area contributed by atoms with Crippen molar-refractivity contribution in [2.24, 2.45) is 0 Å². The van der Waals surface area contributed by atoms with Crippen molar-refractivity contribution in [3.05, 3.63) is 70.5 Å². The van der Waals surface area contributed by atoms with Gasteiger partial charge in [-0.25, -0.2) is 4.79 Å². The molecule has 6 heteroatoms. The summed E-state index contributed by atoms with van der Waals surface area (Å²) in [7, 11) is 0. The van der Waals surface area contributed by atoms with Gasteiger partial charge in [0.05, 0.1) is 6.04 Å². The molecule has 1 atom stereocenters. The van der Waals surface area contributed by atoms with Crippen LogP contribution >= 0.6 is 15.9 Å². The van der Waals surface area contributed by atoms with Crippen LogP contribution in [0, 0.1) is 0 Å². The van der Waals surface area contributed by atoms with Crippen LogP contribution in [0.3, 0.4) is 0 Å². The fraction of sp³-hybridized carbons (Fsp3) is 0.158. The van der Waals surface area contributed by atoms with Crippen molar-refractivity contribution in [1.29, 1.82) is 0 Å². The van der Waals surface area contributed by atoms with Gasteiger partial charge in [0.15, 0.2) is 6.61 Å². The maximum Gasteiger partial charge on any atom is 0.355 e. The quantitative estimate of drug-likeness (QED) is 0.636. The fourth-order valence-corrected chi connectivity index (χ4v) is 2.88. The second kappa shape index (κ2) is 7.53.